The third-order valence-corrected chi connectivity index (χ3v) is 8.63. The van der Waals surface area contributed by atoms with Crippen LogP contribution in [0, 0.1) is 35.0 Å². The topological polar surface area (TPSA) is 37.3 Å². The van der Waals surface area contributed by atoms with Crippen LogP contribution in [0.2, 0.25) is 0 Å². The number of fused-ring (bicyclic) bond motifs is 3. The summed E-state index contributed by atoms with van der Waals surface area (Å²) in [6.45, 7) is 4.51. The molecule has 138 valence electrons. The maximum atomic E-state index is 12.4. The van der Waals surface area contributed by atoms with Crippen LogP contribution in [0.25, 0.3) is 0 Å². The van der Waals surface area contributed by atoms with Crippen LogP contribution in [-0.2, 0) is 4.79 Å². The molecule has 3 fully saturated rings. The van der Waals surface area contributed by atoms with Gasteiger partial charge in [-0.3, -0.25) is 4.79 Å². The van der Waals surface area contributed by atoms with Gasteiger partial charge < -0.3 is 5.11 Å². The zero-order valence-corrected chi connectivity index (χ0v) is 17.1. The van der Waals surface area contributed by atoms with Crippen molar-refractivity contribution in [2.24, 2.45) is 35.0 Å². The lowest BCUT2D eigenvalue weighted by Gasteiger charge is -2.53. The second kappa shape index (κ2) is 7.78. The molecule has 0 aromatic carbocycles. The van der Waals surface area contributed by atoms with E-state index in [1.807, 2.05) is 0 Å². The fourth-order valence-electron chi connectivity index (χ4n) is 6.74. The van der Waals surface area contributed by atoms with Crippen molar-refractivity contribution in [1.82, 2.24) is 0 Å². The molecule has 0 aromatic rings. The smallest absolute Gasteiger partial charge is 0.147 e. The number of hydrogen-bond donors (Lipinski definition) is 1. The Morgan fingerprint density at radius 3 is 2.71 bits per heavy atom. The maximum Gasteiger partial charge on any atom is 0.147 e. The first-order valence-electron chi connectivity index (χ1n) is 10.3. The van der Waals surface area contributed by atoms with Gasteiger partial charge in [-0.25, -0.2) is 0 Å². The average molecular weight is 399 g/mol. The molecular weight excluding hydrogens is 364 g/mol. The van der Waals surface area contributed by atoms with Gasteiger partial charge in [-0.05, 0) is 80.5 Å². The molecule has 0 spiro atoms. The number of aliphatic hydroxyl groups is 1. The zero-order valence-electron chi connectivity index (χ0n) is 15.5. The van der Waals surface area contributed by atoms with Gasteiger partial charge in [-0.1, -0.05) is 42.6 Å². The van der Waals surface area contributed by atoms with E-state index in [4.69, 9.17) is 0 Å². The Hall–Kier alpha value is 0.110. The fourth-order valence-corrected chi connectivity index (χ4v) is 7.13. The Balaban J connectivity index is 1.70. The highest BCUT2D eigenvalue weighted by Crippen LogP contribution is 2.62. The lowest BCUT2D eigenvalue weighted by molar-refractivity contribution is -0.126. The largest absolute Gasteiger partial charge is 0.393 e. The summed E-state index contributed by atoms with van der Waals surface area (Å²) in [5, 5.41) is 10.5. The Labute approximate surface area is 156 Å². The van der Waals surface area contributed by atoms with Gasteiger partial charge in [0.1, 0.15) is 5.78 Å². The minimum absolute atomic E-state index is 0.105. The van der Waals surface area contributed by atoms with Crippen LogP contribution < -0.4 is 0 Å². The summed E-state index contributed by atoms with van der Waals surface area (Å²) in [6.07, 6.45) is 12.0. The summed E-state index contributed by atoms with van der Waals surface area (Å²) < 4.78 is 0. The summed E-state index contributed by atoms with van der Waals surface area (Å²) in [5.74, 6) is 4.03. The lowest BCUT2D eigenvalue weighted by atomic mass is 9.52. The minimum atomic E-state index is -0.105. The van der Waals surface area contributed by atoms with Crippen molar-refractivity contribution in [3.05, 3.63) is 0 Å². The molecule has 3 saturated carbocycles. The first kappa shape index (κ1) is 18.9. The second-order valence-electron chi connectivity index (χ2n) is 9.04. The molecule has 1 N–H and O–H groups in total. The number of carbonyl (C=O) groups excluding carboxylic acids is 1. The van der Waals surface area contributed by atoms with Crippen LogP contribution in [0.15, 0.2) is 0 Å². The fraction of sp³-hybridized carbons (Fsp3) is 0.952. The lowest BCUT2D eigenvalue weighted by Crippen LogP contribution is -2.46. The zero-order chi connectivity index (χ0) is 17.3. The van der Waals surface area contributed by atoms with E-state index in [0.29, 0.717) is 17.0 Å². The van der Waals surface area contributed by atoms with E-state index in [1.54, 1.807) is 0 Å². The molecule has 0 amide bonds. The van der Waals surface area contributed by atoms with Crippen molar-refractivity contribution in [1.29, 1.82) is 0 Å². The third-order valence-electron chi connectivity index (χ3n) is 8.07. The number of ketones is 1. The molecular formula is C21H35BrO2. The molecule has 3 aliphatic carbocycles. The molecule has 3 heteroatoms. The van der Waals surface area contributed by atoms with Crippen LogP contribution in [0.5, 0.6) is 0 Å². The highest BCUT2D eigenvalue weighted by atomic mass is 79.9. The van der Waals surface area contributed by atoms with E-state index >= 15 is 0 Å². The van der Waals surface area contributed by atoms with Crippen molar-refractivity contribution in [2.75, 3.05) is 5.33 Å². The summed E-state index contributed by atoms with van der Waals surface area (Å²) in [5.41, 5.74) is 0.261. The summed E-state index contributed by atoms with van der Waals surface area (Å²) in [7, 11) is 0. The first-order valence-corrected chi connectivity index (χ1v) is 11.4. The van der Waals surface area contributed by atoms with Gasteiger partial charge in [0.25, 0.3) is 0 Å². The molecule has 3 rings (SSSR count). The summed E-state index contributed by atoms with van der Waals surface area (Å²) >= 11 is 3.41. The second-order valence-corrected chi connectivity index (χ2v) is 9.60. The van der Waals surface area contributed by atoms with E-state index < -0.39 is 0 Å². The van der Waals surface area contributed by atoms with Gasteiger partial charge in [-0.2, -0.15) is 0 Å². The van der Waals surface area contributed by atoms with E-state index in [2.05, 4.69) is 29.8 Å². The highest BCUT2D eigenvalue weighted by Gasteiger charge is 2.56. The van der Waals surface area contributed by atoms with Crippen LogP contribution in [0.4, 0.5) is 0 Å². The molecule has 24 heavy (non-hydrogen) atoms. The summed E-state index contributed by atoms with van der Waals surface area (Å²) in [4.78, 5) is 12.4. The normalized spacial score (nSPS) is 43.1. The predicted octanol–water partition coefficient (Wildman–Crippen LogP) is 5.36. The van der Waals surface area contributed by atoms with Crippen molar-refractivity contribution in [2.45, 2.75) is 84.2 Å². The first-order chi connectivity index (χ1) is 11.5. The van der Waals surface area contributed by atoms with E-state index in [-0.39, 0.29) is 11.5 Å². The van der Waals surface area contributed by atoms with Gasteiger partial charge in [0.15, 0.2) is 0 Å². The Morgan fingerprint density at radius 2 is 2.00 bits per heavy atom. The van der Waals surface area contributed by atoms with Crippen molar-refractivity contribution < 1.29 is 9.90 Å². The average Bonchev–Trinajstić information content (AvgIpc) is 2.96. The van der Waals surface area contributed by atoms with Gasteiger partial charge >= 0.3 is 0 Å². The van der Waals surface area contributed by atoms with E-state index in [0.717, 1.165) is 42.9 Å². The molecule has 7 unspecified atom stereocenters. The molecule has 0 saturated heterocycles. The number of alkyl halides is 1. The maximum absolute atomic E-state index is 12.4. The number of halogens is 1. The Kier molecular flexibility index (Phi) is 6.12. The number of carbonyl (C=O) groups is 1. The minimum Gasteiger partial charge on any atom is -0.393 e. The number of Topliss-reactive ketones (excluding diaryl/α,β-unsaturated/α-hetero) is 1. The van der Waals surface area contributed by atoms with Crippen LogP contribution in [0.1, 0.15) is 78.1 Å². The standard InChI is InChI=1S/C21H35BrO2/c1-3-15(23)8-7-14-5-4-6-17-16(14)11-12-21(2)18(17)9-10-19(21)20(24)13-22/h14-19,23H,3-13H2,1-2H3. The molecule has 0 heterocycles. The molecule has 3 aliphatic rings. The summed E-state index contributed by atoms with van der Waals surface area (Å²) in [6, 6.07) is 0. The molecule has 0 bridgehead atoms. The Morgan fingerprint density at radius 1 is 1.21 bits per heavy atom. The van der Waals surface area contributed by atoms with Gasteiger partial charge in [0, 0.05) is 5.92 Å². The number of hydrogen-bond acceptors (Lipinski definition) is 2. The van der Waals surface area contributed by atoms with Crippen molar-refractivity contribution >= 4 is 21.7 Å². The van der Waals surface area contributed by atoms with Crippen LogP contribution in [-0.4, -0.2) is 22.3 Å². The molecule has 0 radical (unpaired) electrons. The predicted molar refractivity (Wildman–Crippen MR) is 102 cm³/mol. The molecule has 0 aromatic heterocycles. The van der Waals surface area contributed by atoms with Crippen LogP contribution in [0.3, 0.4) is 0 Å². The van der Waals surface area contributed by atoms with Gasteiger partial charge in [0.05, 0.1) is 11.4 Å². The van der Waals surface area contributed by atoms with E-state index in [9.17, 15) is 9.90 Å². The van der Waals surface area contributed by atoms with Gasteiger partial charge in [-0.15, -0.1) is 0 Å². The molecule has 2 nitrogen and oxygen atoms in total. The van der Waals surface area contributed by atoms with Crippen molar-refractivity contribution in [3.8, 4) is 0 Å². The highest BCUT2D eigenvalue weighted by molar-refractivity contribution is 9.09. The quantitative estimate of drug-likeness (QED) is 0.611. The number of aliphatic hydroxyl groups excluding tert-OH is 1. The monoisotopic (exact) mass is 398 g/mol. The molecule has 0 aliphatic heterocycles. The third kappa shape index (κ3) is 3.37. The van der Waals surface area contributed by atoms with E-state index in [1.165, 1.54) is 44.9 Å². The SMILES string of the molecule is CCC(O)CCC1CCCC2C1CCC1(C)C(C(=O)CBr)CCC21. The molecule has 7 atom stereocenters. The van der Waals surface area contributed by atoms with Crippen LogP contribution >= 0.6 is 15.9 Å². The van der Waals surface area contributed by atoms with Crippen molar-refractivity contribution in [3.63, 3.8) is 0 Å². The number of rotatable bonds is 6. The van der Waals surface area contributed by atoms with Gasteiger partial charge in [0.2, 0.25) is 0 Å². The Bertz CT molecular complexity index is 451.